The molecule has 1 saturated heterocycles. The molecule has 0 bridgehead atoms. The lowest BCUT2D eigenvalue weighted by molar-refractivity contribution is -0.117. The molecule has 1 aliphatic rings. The van der Waals surface area contributed by atoms with Crippen LogP contribution in [-0.2, 0) is 11.2 Å². The van der Waals surface area contributed by atoms with Gasteiger partial charge in [-0.25, -0.2) is 4.98 Å². The quantitative estimate of drug-likeness (QED) is 0.767. The summed E-state index contributed by atoms with van der Waals surface area (Å²) in [6.07, 6.45) is 2.48. The Morgan fingerprint density at radius 2 is 1.85 bits per heavy atom. The first-order valence-electron chi connectivity index (χ1n) is 9.55. The van der Waals surface area contributed by atoms with Crippen LogP contribution in [0.3, 0.4) is 0 Å². The first-order chi connectivity index (χ1) is 13.0. The number of amides is 1. The molecule has 0 saturated carbocycles. The normalized spacial score (nSPS) is 15.7. The van der Waals surface area contributed by atoms with Crippen molar-refractivity contribution < 1.29 is 9.59 Å². The summed E-state index contributed by atoms with van der Waals surface area (Å²) in [4.78, 5) is 32.7. The van der Waals surface area contributed by atoms with E-state index in [1.54, 1.807) is 0 Å². The van der Waals surface area contributed by atoms with Crippen molar-refractivity contribution in [3.05, 3.63) is 46.0 Å². The number of benzene rings is 1. The lowest BCUT2D eigenvalue weighted by Crippen LogP contribution is -2.40. The van der Waals surface area contributed by atoms with Crippen LogP contribution in [0.5, 0.6) is 0 Å². The van der Waals surface area contributed by atoms with Crippen molar-refractivity contribution in [2.45, 2.75) is 40.0 Å². The summed E-state index contributed by atoms with van der Waals surface area (Å²) in [6.45, 7) is 8.01. The van der Waals surface area contributed by atoms with Crippen LogP contribution in [0.25, 0.3) is 0 Å². The first kappa shape index (κ1) is 19.7. The number of thiazole rings is 1. The molecule has 1 N–H and O–H groups in total. The topological polar surface area (TPSA) is 62.3 Å². The summed E-state index contributed by atoms with van der Waals surface area (Å²) < 4.78 is 0. The van der Waals surface area contributed by atoms with Crippen molar-refractivity contribution in [1.82, 2.24) is 9.88 Å². The second kappa shape index (κ2) is 8.76. The van der Waals surface area contributed by atoms with Crippen molar-refractivity contribution in [3.8, 4) is 0 Å². The highest BCUT2D eigenvalue weighted by Gasteiger charge is 2.26. The van der Waals surface area contributed by atoms with Crippen LogP contribution in [0.2, 0.25) is 0 Å². The number of aryl methyl sites for hydroxylation is 3. The maximum Gasteiger partial charge on any atom is 0.240 e. The molecule has 5 nitrogen and oxygen atoms in total. The molecule has 1 aromatic carbocycles. The van der Waals surface area contributed by atoms with E-state index in [1.165, 1.54) is 11.3 Å². The summed E-state index contributed by atoms with van der Waals surface area (Å²) >= 11 is 1.53. The molecular formula is C21H27N3O2S. The number of piperidine rings is 1. The smallest absolute Gasteiger partial charge is 0.240 e. The van der Waals surface area contributed by atoms with E-state index in [1.807, 2.05) is 38.1 Å². The number of hydrogen-bond donors (Lipinski definition) is 1. The average Bonchev–Trinajstić information content (AvgIpc) is 3.01. The fraction of sp³-hybridized carbons (Fsp3) is 0.476. The third-order valence-corrected chi connectivity index (χ3v) is 6.06. The number of carbonyl (C=O) groups excluding carboxylic acids is 2. The van der Waals surface area contributed by atoms with E-state index >= 15 is 0 Å². The first-order valence-corrected chi connectivity index (χ1v) is 10.4. The van der Waals surface area contributed by atoms with Gasteiger partial charge in [-0.1, -0.05) is 36.8 Å². The molecular weight excluding hydrogens is 358 g/mol. The van der Waals surface area contributed by atoms with Crippen LogP contribution in [0.15, 0.2) is 24.3 Å². The number of aromatic nitrogens is 1. The van der Waals surface area contributed by atoms with Crippen LogP contribution in [0.4, 0.5) is 5.13 Å². The van der Waals surface area contributed by atoms with Gasteiger partial charge in [0.1, 0.15) is 0 Å². The summed E-state index contributed by atoms with van der Waals surface area (Å²) in [7, 11) is 0. The lowest BCUT2D eigenvalue weighted by Gasteiger charge is -2.30. The average molecular weight is 386 g/mol. The molecule has 6 heteroatoms. The van der Waals surface area contributed by atoms with Crippen molar-refractivity contribution in [2.75, 3.05) is 25.0 Å². The maximum absolute atomic E-state index is 12.6. The predicted molar refractivity (Wildman–Crippen MR) is 110 cm³/mol. The highest BCUT2D eigenvalue weighted by molar-refractivity contribution is 7.15. The Bertz CT molecular complexity index is 805. The maximum atomic E-state index is 12.6. The molecule has 1 aromatic heterocycles. The molecule has 1 aliphatic heterocycles. The Morgan fingerprint density at radius 3 is 2.44 bits per heavy atom. The van der Waals surface area contributed by atoms with Crippen molar-refractivity contribution in [3.63, 3.8) is 0 Å². The Hall–Kier alpha value is -2.05. The summed E-state index contributed by atoms with van der Waals surface area (Å²) in [6, 6.07) is 7.80. The number of carbonyl (C=O) groups is 2. The van der Waals surface area contributed by atoms with Gasteiger partial charge in [-0.2, -0.15) is 0 Å². The number of anilines is 1. The van der Waals surface area contributed by atoms with E-state index < -0.39 is 0 Å². The van der Waals surface area contributed by atoms with E-state index in [4.69, 9.17) is 0 Å². The molecule has 2 heterocycles. The number of likely N-dealkylation sites (tertiary alicyclic amines) is 1. The van der Waals surface area contributed by atoms with E-state index in [2.05, 4.69) is 22.1 Å². The molecule has 2 aromatic rings. The molecule has 144 valence electrons. The van der Waals surface area contributed by atoms with Gasteiger partial charge in [-0.15, -0.1) is 11.3 Å². The van der Waals surface area contributed by atoms with E-state index in [0.29, 0.717) is 11.7 Å². The fourth-order valence-corrected chi connectivity index (χ4v) is 4.40. The van der Waals surface area contributed by atoms with Gasteiger partial charge in [0.2, 0.25) is 5.91 Å². The van der Waals surface area contributed by atoms with Crippen LogP contribution in [0, 0.1) is 19.8 Å². The van der Waals surface area contributed by atoms with Crippen molar-refractivity contribution >= 4 is 28.2 Å². The molecule has 1 amide bonds. The Morgan fingerprint density at radius 1 is 1.19 bits per heavy atom. The number of ketones is 1. The molecule has 3 rings (SSSR count). The van der Waals surface area contributed by atoms with E-state index in [0.717, 1.165) is 54.0 Å². The van der Waals surface area contributed by atoms with Gasteiger partial charge in [-0.05, 0) is 46.2 Å². The Labute approximate surface area is 164 Å². The highest BCUT2D eigenvalue weighted by Crippen LogP contribution is 2.24. The monoisotopic (exact) mass is 385 g/mol. The van der Waals surface area contributed by atoms with Gasteiger partial charge in [-0.3, -0.25) is 14.5 Å². The van der Waals surface area contributed by atoms with Gasteiger partial charge >= 0.3 is 0 Å². The van der Waals surface area contributed by atoms with Crippen LogP contribution < -0.4 is 5.32 Å². The molecule has 0 atom stereocenters. The minimum absolute atomic E-state index is 0.0327. The van der Waals surface area contributed by atoms with Gasteiger partial charge in [0.05, 0.1) is 12.2 Å². The summed E-state index contributed by atoms with van der Waals surface area (Å²) in [5.41, 5.74) is 3.00. The molecule has 0 spiro atoms. The van der Waals surface area contributed by atoms with Gasteiger partial charge in [0, 0.05) is 16.4 Å². The lowest BCUT2D eigenvalue weighted by atomic mass is 9.88. The van der Waals surface area contributed by atoms with E-state index in [-0.39, 0.29) is 17.6 Å². The fourth-order valence-electron chi connectivity index (χ4n) is 3.48. The summed E-state index contributed by atoms with van der Waals surface area (Å²) in [5.74, 6) is 0.250. The Balaban J connectivity index is 1.48. The van der Waals surface area contributed by atoms with Crippen molar-refractivity contribution in [1.29, 1.82) is 0 Å². The molecule has 27 heavy (non-hydrogen) atoms. The second-order valence-corrected chi connectivity index (χ2v) is 8.41. The largest absolute Gasteiger partial charge is 0.301 e. The minimum Gasteiger partial charge on any atom is -0.301 e. The zero-order valence-electron chi connectivity index (χ0n) is 16.2. The van der Waals surface area contributed by atoms with Gasteiger partial charge < -0.3 is 5.32 Å². The minimum atomic E-state index is -0.0327. The highest BCUT2D eigenvalue weighted by atomic mass is 32.1. The molecule has 1 fully saturated rings. The van der Waals surface area contributed by atoms with Gasteiger partial charge in [0.15, 0.2) is 10.9 Å². The molecule has 0 aliphatic carbocycles. The number of Topliss-reactive ketones (excluding diaryl/α,β-unsaturated/α-hetero) is 1. The number of rotatable bonds is 6. The zero-order chi connectivity index (χ0) is 19.4. The van der Waals surface area contributed by atoms with Gasteiger partial charge in [0.25, 0.3) is 0 Å². The number of nitrogens with one attached hydrogen (secondary N) is 1. The molecule has 0 radical (unpaired) electrons. The SMILES string of the molecule is CCc1nc(NC(=O)CN2CCC(C(=O)c3ccc(C)cc3)CC2)sc1C. The van der Waals surface area contributed by atoms with Crippen LogP contribution in [-0.4, -0.2) is 41.2 Å². The third-order valence-electron chi connectivity index (χ3n) is 5.14. The predicted octanol–water partition coefficient (Wildman–Crippen LogP) is 3.86. The number of nitrogens with zero attached hydrogens (tertiary/aromatic N) is 2. The molecule has 0 unspecified atom stereocenters. The number of hydrogen-bond acceptors (Lipinski definition) is 5. The van der Waals surface area contributed by atoms with Crippen LogP contribution in [0.1, 0.15) is 46.3 Å². The second-order valence-electron chi connectivity index (χ2n) is 7.20. The standard InChI is InChI=1S/C21H27N3O2S/c1-4-18-15(3)27-21(22-18)23-19(25)13-24-11-9-17(10-12-24)20(26)16-7-5-14(2)6-8-16/h5-8,17H,4,9-13H2,1-3H3,(H,22,23,25). The van der Waals surface area contributed by atoms with E-state index in [9.17, 15) is 9.59 Å². The third kappa shape index (κ3) is 5.02. The Kier molecular flexibility index (Phi) is 6.39. The van der Waals surface area contributed by atoms with Crippen molar-refractivity contribution in [2.24, 2.45) is 5.92 Å². The summed E-state index contributed by atoms with van der Waals surface area (Å²) in [5, 5.41) is 3.59. The zero-order valence-corrected chi connectivity index (χ0v) is 17.1. The van der Waals surface area contributed by atoms with Crippen LogP contribution >= 0.6 is 11.3 Å².